The average molecular weight is 270 g/mol. The van der Waals surface area contributed by atoms with E-state index in [9.17, 15) is 0 Å². The first-order chi connectivity index (χ1) is 11.2. The number of aryl methyl sites for hydroxylation is 3. The van der Waals surface area contributed by atoms with Crippen molar-refractivity contribution in [2.75, 3.05) is 0 Å². The molecule has 1 nitrogen and oxygen atoms in total. The van der Waals surface area contributed by atoms with E-state index in [1.165, 1.54) is 0 Å². The van der Waals surface area contributed by atoms with Crippen molar-refractivity contribution in [3.05, 3.63) is 53.2 Å². The Morgan fingerprint density at radius 2 is 2.00 bits per heavy atom. The van der Waals surface area contributed by atoms with Gasteiger partial charge in [-0.05, 0) is 50.2 Å². The SMILES string of the molecule is [2H]C([2H])([2H])c1ccc(-c2ccc(C3([2H])CCCC3)c[n+]2C)c(C)c1. The molecule has 0 aliphatic heterocycles. The first-order valence-corrected chi connectivity index (χ1v) is 7.32. The quantitative estimate of drug-likeness (QED) is 0.710. The lowest BCUT2D eigenvalue weighted by atomic mass is 9.97. The number of hydrogen-bond acceptors (Lipinski definition) is 0. The molecule has 0 spiro atoms. The van der Waals surface area contributed by atoms with Crippen molar-refractivity contribution < 1.29 is 10.1 Å². The third-order valence-electron chi connectivity index (χ3n) is 4.25. The summed E-state index contributed by atoms with van der Waals surface area (Å²) in [5, 5.41) is 0. The molecule has 3 rings (SSSR count). The van der Waals surface area contributed by atoms with Crippen LogP contribution in [0.3, 0.4) is 0 Å². The largest absolute Gasteiger partial charge is 0.212 e. The van der Waals surface area contributed by atoms with Crippen LogP contribution >= 0.6 is 0 Å². The average Bonchev–Trinajstić information content (AvgIpc) is 2.95. The number of nitrogens with zero attached hydrogens (tertiary/aromatic N) is 1. The Morgan fingerprint density at radius 3 is 2.65 bits per heavy atom. The Labute approximate surface area is 127 Å². The van der Waals surface area contributed by atoms with Crippen LogP contribution in [0.15, 0.2) is 36.5 Å². The van der Waals surface area contributed by atoms with Crippen LogP contribution in [-0.4, -0.2) is 0 Å². The zero-order valence-electron chi connectivity index (χ0n) is 16.2. The fourth-order valence-electron chi connectivity index (χ4n) is 3.14. The van der Waals surface area contributed by atoms with Gasteiger partial charge < -0.3 is 0 Å². The van der Waals surface area contributed by atoms with E-state index in [1.807, 2.05) is 20.0 Å². The first-order valence-electron chi connectivity index (χ1n) is 9.32. The summed E-state index contributed by atoms with van der Waals surface area (Å²) in [5.74, 6) is -0.448. The second kappa shape index (κ2) is 5.40. The van der Waals surface area contributed by atoms with Crippen molar-refractivity contribution in [2.45, 2.75) is 45.4 Å². The molecule has 1 heteroatoms. The van der Waals surface area contributed by atoms with Gasteiger partial charge in [0, 0.05) is 22.7 Å². The molecule has 0 saturated heterocycles. The summed E-state index contributed by atoms with van der Waals surface area (Å²) in [6.07, 6.45) is 6.18. The van der Waals surface area contributed by atoms with Gasteiger partial charge in [-0.15, -0.1) is 0 Å². The molecule has 0 amide bonds. The molecular weight excluding hydrogens is 242 g/mol. The smallest absolute Gasteiger partial charge is 0.201 e. The molecule has 20 heavy (non-hydrogen) atoms. The highest BCUT2D eigenvalue weighted by molar-refractivity contribution is 5.61. The predicted molar refractivity (Wildman–Crippen MR) is 83.7 cm³/mol. The maximum Gasteiger partial charge on any atom is 0.212 e. The molecular formula is C19H24N+. The molecule has 0 bridgehead atoms. The Balaban J connectivity index is 1.99. The molecule has 0 radical (unpaired) electrons. The van der Waals surface area contributed by atoms with Gasteiger partial charge in [0.05, 0.1) is 0 Å². The summed E-state index contributed by atoms with van der Waals surface area (Å²) in [4.78, 5) is 0. The van der Waals surface area contributed by atoms with Crippen LogP contribution in [0.2, 0.25) is 0 Å². The maximum atomic E-state index is 8.66. The molecule has 0 N–H and O–H groups in total. The molecule has 1 saturated carbocycles. The fraction of sp³-hybridized carbons (Fsp3) is 0.421. The van der Waals surface area contributed by atoms with Gasteiger partial charge in [0.2, 0.25) is 5.69 Å². The van der Waals surface area contributed by atoms with E-state index in [0.29, 0.717) is 5.56 Å². The molecule has 1 fully saturated rings. The highest BCUT2D eigenvalue weighted by Gasteiger charge is 2.21. The van der Waals surface area contributed by atoms with Gasteiger partial charge in [-0.25, -0.2) is 4.57 Å². The van der Waals surface area contributed by atoms with E-state index >= 15 is 0 Å². The minimum absolute atomic E-state index is 0.374. The van der Waals surface area contributed by atoms with Crippen molar-refractivity contribution in [1.82, 2.24) is 0 Å². The first kappa shape index (κ1) is 9.33. The summed E-state index contributed by atoms with van der Waals surface area (Å²) < 4.78 is 33.3. The maximum absolute atomic E-state index is 8.66. The summed E-state index contributed by atoms with van der Waals surface area (Å²) in [6.45, 7) is -0.128. The molecule has 104 valence electrons. The Hall–Kier alpha value is -1.63. The van der Waals surface area contributed by atoms with E-state index in [0.717, 1.165) is 48.1 Å². The van der Waals surface area contributed by atoms with Crippen molar-refractivity contribution in [2.24, 2.45) is 7.05 Å². The lowest BCUT2D eigenvalue weighted by Gasteiger charge is -2.10. The predicted octanol–water partition coefficient (Wildman–Crippen LogP) is 4.45. The van der Waals surface area contributed by atoms with E-state index in [2.05, 4.69) is 22.9 Å². The van der Waals surface area contributed by atoms with Crippen LogP contribution in [0.5, 0.6) is 0 Å². The third-order valence-corrected chi connectivity index (χ3v) is 4.25. The van der Waals surface area contributed by atoms with Gasteiger partial charge >= 0.3 is 0 Å². The standard InChI is InChI=1S/C19H24N/c1-14-8-10-18(15(2)12-14)19-11-9-17(13-20(19)3)16-6-4-5-7-16/h8-13,16H,4-7H2,1-3H3/q+1/i1D3,16D. The Bertz CT molecular complexity index is 758. The molecule has 2 aromatic rings. The molecule has 1 aliphatic carbocycles. The van der Waals surface area contributed by atoms with Crippen molar-refractivity contribution in [1.29, 1.82) is 0 Å². The van der Waals surface area contributed by atoms with Gasteiger partial charge in [0.1, 0.15) is 7.05 Å². The van der Waals surface area contributed by atoms with Crippen LogP contribution in [-0.2, 0) is 7.05 Å². The second-order valence-corrected chi connectivity index (χ2v) is 5.75. The number of rotatable bonds is 2. The number of hydrogen-bond donors (Lipinski definition) is 0. The van der Waals surface area contributed by atoms with Gasteiger partial charge in [-0.3, -0.25) is 0 Å². The van der Waals surface area contributed by atoms with Gasteiger partial charge in [0.25, 0.3) is 0 Å². The molecule has 0 unspecified atom stereocenters. The fourth-order valence-corrected chi connectivity index (χ4v) is 3.14. The number of benzene rings is 1. The van der Waals surface area contributed by atoms with Gasteiger partial charge in [-0.2, -0.15) is 0 Å². The van der Waals surface area contributed by atoms with Crippen molar-refractivity contribution in [3.8, 4) is 11.3 Å². The lowest BCUT2D eigenvalue weighted by molar-refractivity contribution is -0.660. The van der Waals surface area contributed by atoms with E-state index in [-0.39, 0.29) is 0 Å². The highest BCUT2D eigenvalue weighted by Crippen LogP contribution is 2.34. The van der Waals surface area contributed by atoms with Crippen LogP contribution in [0.1, 0.15) is 53.8 Å². The zero-order valence-corrected chi connectivity index (χ0v) is 12.2. The van der Waals surface area contributed by atoms with Crippen LogP contribution < -0.4 is 4.57 Å². The Kier molecular flexibility index (Phi) is 2.52. The van der Waals surface area contributed by atoms with Crippen LogP contribution in [0.4, 0.5) is 0 Å². The zero-order chi connectivity index (χ0) is 17.5. The molecule has 1 aliphatic rings. The minimum atomic E-state index is -2.07. The van der Waals surface area contributed by atoms with Crippen LogP contribution in [0.25, 0.3) is 11.3 Å². The lowest BCUT2D eigenvalue weighted by Crippen LogP contribution is -2.31. The van der Waals surface area contributed by atoms with Crippen LogP contribution in [0, 0.1) is 13.8 Å². The molecule has 1 aromatic carbocycles. The molecule has 1 heterocycles. The van der Waals surface area contributed by atoms with E-state index in [4.69, 9.17) is 5.48 Å². The summed E-state index contributed by atoms with van der Waals surface area (Å²) in [5.41, 5.74) is 4.47. The van der Waals surface area contributed by atoms with E-state index < -0.39 is 12.7 Å². The second-order valence-electron chi connectivity index (χ2n) is 5.75. The Morgan fingerprint density at radius 1 is 1.20 bits per heavy atom. The summed E-state index contributed by atoms with van der Waals surface area (Å²) >= 11 is 0. The summed E-state index contributed by atoms with van der Waals surface area (Å²) in [7, 11) is 1.99. The van der Waals surface area contributed by atoms with E-state index in [1.54, 1.807) is 12.1 Å². The van der Waals surface area contributed by atoms with Crippen molar-refractivity contribution >= 4 is 0 Å². The monoisotopic (exact) mass is 270 g/mol. The molecule has 0 atom stereocenters. The third kappa shape index (κ3) is 2.49. The van der Waals surface area contributed by atoms with Gasteiger partial charge in [-0.1, -0.05) is 30.5 Å². The number of aromatic nitrogens is 1. The normalized spacial score (nSPS) is 20.9. The topological polar surface area (TPSA) is 3.88 Å². The highest BCUT2D eigenvalue weighted by atomic mass is 14.9. The van der Waals surface area contributed by atoms with Gasteiger partial charge in [0.15, 0.2) is 6.20 Å². The molecule has 1 aromatic heterocycles. The minimum Gasteiger partial charge on any atom is -0.201 e. The summed E-state index contributed by atoms with van der Waals surface area (Å²) in [6, 6.07) is 9.44. The van der Waals surface area contributed by atoms with Crippen molar-refractivity contribution in [3.63, 3.8) is 0 Å². The number of pyridine rings is 1.